The Labute approximate surface area is 126 Å². The molecule has 1 N–H and O–H groups in total. The van der Waals surface area contributed by atoms with E-state index in [-0.39, 0.29) is 11.9 Å². The molecule has 0 aliphatic carbocycles. The van der Waals surface area contributed by atoms with Gasteiger partial charge >= 0.3 is 0 Å². The lowest BCUT2D eigenvalue weighted by molar-refractivity contribution is 0.384. The van der Waals surface area contributed by atoms with Crippen molar-refractivity contribution in [3.05, 3.63) is 65.5 Å². The monoisotopic (exact) mass is 287 g/mol. The van der Waals surface area contributed by atoms with Crippen molar-refractivity contribution in [3.8, 4) is 5.75 Å². The van der Waals surface area contributed by atoms with E-state index in [4.69, 9.17) is 4.74 Å². The van der Waals surface area contributed by atoms with Crippen molar-refractivity contribution < 1.29 is 9.13 Å². The second-order valence-corrected chi connectivity index (χ2v) is 5.33. The maximum absolute atomic E-state index is 13.8. The summed E-state index contributed by atoms with van der Waals surface area (Å²) in [6, 6.07) is 15.8. The third kappa shape index (κ3) is 3.82. The number of hydrogen-bond acceptors (Lipinski definition) is 2. The van der Waals surface area contributed by atoms with E-state index in [1.54, 1.807) is 12.1 Å². The zero-order valence-corrected chi connectivity index (χ0v) is 12.8. The number of nitrogens with one attached hydrogen (secondary N) is 1. The third-order valence-corrected chi connectivity index (χ3v) is 3.81. The van der Waals surface area contributed by atoms with Crippen LogP contribution >= 0.6 is 0 Å². The predicted octanol–water partition coefficient (Wildman–Crippen LogP) is 3.97. The lowest BCUT2D eigenvalue weighted by atomic mass is 9.89. The first-order valence-electron chi connectivity index (χ1n) is 7.20. The minimum Gasteiger partial charge on any atom is -0.494 e. The summed E-state index contributed by atoms with van der Waals surface area (Å²) in [6.45, 7) is 2.18. The minimum absolute atomic E-state index is 0.247. The molecule has 2 atom stereocenters. The fraction of sp³-hybridized carbons (Fsp3) is 0.333. The van der Waals surface area contributed by atoms with Gasteiger partial charge in [-0.3, -0.25) is 0 Å². The highest BCUT2D eigenvalue weighted by Crippen LogP contribution is 2.26. The zero-order chi connectivity index (χ0) is 15.2. The summed E-state index contributed by atoms with van der Waals surface area (Å²) in [5.74, 6) is 0.341. The first-order chi connectivity index (χ1) is 10.2. The van der Waals surface area contributed by atoms with Crippen molar-refractivity contribution in [2.24, 2.45) is 5.92 Å². The SMILES string of the molecule is CNC(c1ccccc1)C(C)Cc1ccc(OC)c(F)c1. The molecule has 0 bridgehead atoms. The van der Waals surface area contributed by atoms with Crippen LogP contribution in [0.3, 0.4) is 0 Å². The Bertz CT molecular complexity index is 571. The molecular weight excluding hydrogens is 265 g/mol. The van der Waals surface area contributed by atoms with E-state index in [9.17, 15) is 4.39 Å². The molecule has 3 heteroatoms. The van der Waals surface area contributed by atoms with Crippen LogP contribution in [0.2, 0.25) is 0 Å². The Hall–Kier alpha value is -1.87. The van der Waals surface area contributed by atoms with Gasteiger partial charge in [-0.15, -0.1) is 0 Å². The molecular formula is C18H22FNO. The van der Waals surface area contributed by atoms with E-state index in [1.165, 1.54) is 12.7 Å². The van der Waals surface area contributed by atoms with E-state index in [1.807, 2.05) is 31.3 Å². The minimum atomic E-state index is -0.303. The number of benzene rings is 2. The lowest BCUT2D eigenvalue weighted by Gasteiger charge is -2.24. The fourth-order valence-electron chi connectivity index (χ4n) is 2.77. The Morgan fingerprint density at radius 2 is 1.86 bits per heavy atom. The Balaban J connectivity index is 2.12. The van der Waals surface area contributed by atoms with Gasteiger partial charge in [-0.25, -0.2) is 4.39 Å². The van der Waals surface area contributed by atoms with Crippen molar-refractivity contribution in [1.29, 1.82) is 0 Å². The van der Waals surface area contributed by atoms with E-state index in [2.05, 4.69) is 24.4 Å². The molecule has 2 aromatic carbocycles. The van der Waals surface area contributed by atoms with Gasteiger partial charge in [0, 0.05) is 6.04 Å². The van der Waals surface area contributed by atoms with Gasteiger partial charge in [0.2, 0.25) is 0 Å². The lowest BCUT2D eigenvalue weighted by Crippen LogP contribution is -2.24. The standard InChI is InChI=1S/C18H22FNO/c1-13(18(20-2)15-7-5-4-6-8-15)11-14-9-10-17(21-3)16(19)12-14/h4-10,12-13,18,20H,11H2,1-3H3. The topological polar surface area (TPSA) is 21.3 Å². The van der Waals surface area contributed by atoms with Gasteiger partial charge in [-0.05, 0) is 42.6 Å². The summed E-state index contributed by atoms with van der Waals surface area (Å²) in [6.07, 6.45) is 0.807. The number of halogens is 1. The van der Waals surface area contributed by atoms with Gasteiger partial charge in [0.25, 0.3) is 0 Å². The average molecular weight is 287 g/mol. The highest BCUT2D eigenvalue weighted by atomic mass is 19.1. The van der Waals surface area contributed by atoms with E-state index >= 15 is 0 Å². The maximum Gasteiger partial charge on any atom is 0.165 e. The van der Waals surface area contributed by atoms with Crippen LogP contribution in [0.25, 0.3) is 0 Å². The van der Waals surface area contributed by atoms with Crippen molar-refractivity contribution in [3.63, 3.8) is 0 Å². The molecule has 2 aromatic rings. The summed E-state index contributed by atoms with van der Waals surface area (Å²) >= 11 is 0. The van der Waals surface area contributed by atoms with Crippen molar-refractivity contribution >= 4 is 0 Å². The molecule has 0 aliphatic heterocycles. The van der Waals surface area contributed by atoms with Crippen molar-refractivity contribution in [1.82, 2.24) is 5.32 Å². The first-order valence-corrected chi connectivity index (χ1v) is 7.20. The van der Waals surface area contributed by atoms with Gasteiger partial charge < -0.3 is 10.1 Å². The molecule has 0 radical (unpaired) electrons. The molecule has 21 heavy (non-hydrogen) atoms. The summed E-state index contributed by atoms with van der Waals surface area (Å²) in [7, 11) is 3.44. The van der Waals surface area contributed by atoms with Crippen LogP contribution in [0, 0.1) is 11.7 Å². The van der Waals surface area contributed by atoms with Gasteiger partial charge in [-0.1, -0.05) is 43.3 Å². The number of ether oxygens (including phenoxy) is 1. The second-order valence-electron chi connectivity index (χ2n) is 5.33. The molecule has 0 spiro atoms. The summed E-state index contributed by atoms with van der Waals surface area (Å²) in [5, 5.41) is 3.36. The average Bonchev–Trinajstić information content (AvgIpc) is 2.49. The summed E-state index contributed by atoms with van der Waals surface area (Å²) in [5.41, 5.74) is 2.23. The molecule has 0 amide bonds. The molecule has 112 valence electrons. The Morgan fingerprint density at radius 1 is 1.14 bits per heavy atom. The molecule has 0 aliphatic rings. The highest BCUT2D eigenvalue weighted by molar-refractivity contribution is 5.30. The van der Waals surface area contributed by atoms with Gasteiger partial charge in [0.1, 0.15) is 0 Å². The predicted molar refractivity (Wildman–Crippen MR) is 84.1 cm³/mol. The van der Waals surface area contributed by atoms with Gasteiger partial charge in [0.15, 0.2) is 11.6 Å². The smallest absolute Gasteiger partial charge is 0.165 e. The first kappa shape index (κ1) is 15.5. The Morgan fingerprint density at radius 3 is 2.43 bits per heavy atom. The van der Waals surface area contributed by atoms with Gasteiger partial charge in [-0.2, -0.15) is 0 Å². The van der Waals surface area contributed by atoms with Gasteiger partial charge in [0.05, 0.1) is 7.11 Å². The van der Waals surface area contributed by atoms with Crippen LogP contribution in [-0.4, -0.2) is 14.2 Å². The molecule has 2 nitrogen and oxygen atoms in total. The second kappa shape index (κ2) is 7.23. The van der Waals surface area contributed by atoms with E-state index in [0.717, 1.165) is 12.0 Å². The van der Waals surface area contributed by atoms with Crippen LogP contribution in [0.15, 0.2) is 48.5 Å². The molecule has 0 saturated heterocycles. The largest absolute Gasteiger partial charge is 0.494 e. The van der Waals surface area contributed by atoms with Crippen LogP contribution < -0.4 is 10.1 Å². The number of hydrogen-bond donors (Lipinski definition) is 1. The van der Waals surface area contributed by atoms with Crippen molar-refractivity contribution in [2.75, 3.05) is 14.2 Å². The highest BCUT2D eigenvalue weighted by Gasteiger charge is 2.18. The number of rotatable bonds is 6. The molecule has 2 rings (SSSR count). The number of methoxy groups -OCH3 is 1. The zero-order valence-electron chi connectivity index (χ0n) is 12.8. The van der Waals surface area contributed by atoms with Crippen LogP contribution in [-0.2, 0) is 6.42 Å². The third-order valence-electron chi connectivity index (χ3n) is 3.81. The maximum atomic E-state index is 13.8. The Kier molecular flexibility index (Phi) is 5.34. The molecule has 2 unspecified atom stereocenters. The van der Waals surface area contributed by atoms with E-state index in [0.29, 0.717) is 11.7 Å². The molecule has 0 aromatic heterocycles. The summed E-state index contributed by atoms with van der Waals surface area (Å²) in [4.78, 5) is 0. The van der Waals surface area contributed by atoms with Crippen LogP contribution in [0.4, 0.5) is 4.39 Å². The van der Waals surface area contributed by atoms with Crippen LogP contribution in [0.5, 0.6) is 5.75 Å². The van der Waals surface area contributed by atoms with Crippen molar-refractivity contribution in [2.45, 2.75) is 19.4 Å². The molecule has 0 saturated carbocycles. The van der Waals surface area contributed by atoms with Crippen LogP contribution in [0.1, 0.15) is 24.1 Å². The molecule has 0 fully saturated rings. The molecule has 0 heterocycles. The van der Waals surface area contributed by atoms with E-state index < -0.39 is 0 Å². The fourth-order valence-corrected chi connectivity index (χ4v) is 2.77. The quantitative estimate of drug-likeness (QED) is 0.868. The summed E-state index contributed by atoms with van der Waals surface area (Å²) < 4.78 is 18.7. The normalized spacial score (nSPS) is 13.7.